The first-order valence-corrected chi connectivity index (χ1v) is 8.86. The zero-order valence-corrected chi connectivity index (χ0v) is 13.6. The molecule has 0 atom stereocenters. The monoisotopic (exact) mass is 344 g/mol. The number of hydrogen-bond acceptors (Lipinski definition) is 6. The van der Waals surface area contributed by atoms with Crippen molar-refractivity contribution in [1.82, 2.24) is 29.1 Å². The van der Waals surface area contributed by atoms with Crippen LogP contribution in [-0.2, 0) is 16.9 Å². The Hall–Kier alpha value is -3.01. The van der Waals surface area contributed by atoms with E-state index in [0.29, 0.717) is 5.82 Å². The van der Waals surface area contributed by atoms with Crippen LogP contribution in [0, 0.1) is 0 Å². The molecule has 4 aromatic rings. The van der Waals surface area contributed by atoms with Crippen LogP contribution in [0.1, 0.15) is 0 Å². The molecule has 0 amide bonds. The van der Waals surface area contributed by atoms with Crippen LogP contribution in [0.5, 0.6) is 0 Å². The molecule has 0 radical (unpaired) electrons. The molecule has 1 aromatic carbocycles. The van der Waals surface area contributed by atoms with Crippen LogP contribution >= 0.6 is 0 Å². The van der Waals surface area contributed by atoms with E-state index in [1.165, 1.54) is 16.1 Å². The van der Waals surface area contributed by atoms with E-state index in [0.717, 1.165) is 11.8 Å². The van der Waals surface area contributed by atoms with E-state index in [9.17, 15) is 13.2 Å². The Morgan fingerprint density at radius 3 is 2.50 bits per heavy atom. The minimum Gasteiger partial charge on any atom is -0.302 e. The van der Waals surface area contributed by atoms with Crippen LogP contribution in [-0.4, -0.2) is 43.8 Å². The molecular formula is C14H12N6O3S. The Morgan fingerprint density at radius 2 is 1.83 bits per heavy atom. The van der Waals surface area contributed by atoms with Crippen molar-refractivity contribution < 1.29 is 8.42 Å². The van der Waals surface area contributed by atoms with Gasteiger partial charge in [0, 0.05) is 18.9 Å². The summed E-state index contributed by atoms with van der Waals surface area (Å²) in [6.07, 6.45) is 1.04. The molecule has 3 heterocycles. The van der Waals surface area contributed by atoms with Crippen molar-refractivity contribution in [2.45, 2.75) is 5.16 Å². The summed E-state index contributed by atoms with van der Waals surface area (Å²) in [7, 11) is -2.07. The molecule has 122 valence electrons. The summed E-state index contributed by atoms with van der Waals surface area (Å²) in [4.78, 5) is 23.1. The van der Waals surface area contributed by atoms with Crippen molar-refractivity contribution in [2.24, 2.45) is 7.05 Å². The third-order valence-corrected chi connectivity index (χ3v) is 4.66. The summed E-state index contributed by atoms with van der Waals surface area (Å²) in [5.41, 5.74) is 0.523. The molecule has 9 nitrogen and oxygen atoms in total. The van der Waals surface area contributed by atoms with Crippen LogP contribution in [0.3, 0.4) is 0 Å². The second kappa shape index (κ2) is 4.74. The number of rotatable bonds is 2. The number of aromatic nitrogens is 6. The van der Waals surface area contributed by atoms with Crippen LogP contribution < -0.4 is 5.56 Å². The zero-order chi connectivity index (χ0) is 17.1. The first-order chi connectivity index (χ1) is 11.4. The number of aryl methyl sites for hydroxylation is 1. The van der Waals surface area contributed by atoms with E-state index in [-0.39, 0.29) is 22.1 Å². The molecule has 24 heavy (non-hydrogen) atoms. The summed E-state index contributed by atoms with van der Waals surface area (Å²) >= 11 is 0. The highest BCUT2D eigenvalue weighted by Gasteiger charge is 2.22. The maximum absolute atomic E-state index is 12.2. The predicted molar refractivity (Wildman–Crippen MR) is 86.4 cm³/mol. The van der Waals surface area contributed by atoms with Crippen LogP contribution in [0.15, 0.2) is 40.3 Å². The van der Waals surface area contributed by atoms with Crippen LogP contribution in [0.2, 0.25) is 0 Å². The van der Waals surface area contributed by atoms with Gasteiger partial charge in [0.25, 0.3) is 5.56 Å². The summed E-state index contributed by atoms with van der Waals surface area (Å²) in [5, 5.41) is 4.19. The lowest BCUT2D eigenvalue weighted by molar-refractivity contribution is 0.586. The van der Waals surface area contributed by atoms with Gasteiger partial charge in [-0.1, -0.05) is 30.3 Å². The molecule has 0 unspecified atom stereocenters. The number of fused-ring (bicyclic) bond motifs is 3. The van der Waals surface area contributed by atoms with Gasteiger partial charge >= 0.3 is 0 Å². The Balaban J connectivity index is 2.13. The molecule has 0 aliphatic rings. The average Bonchev–Trinajstić information content (AvgIpc) is 3.09. The summed E-state index contributed by atoms with van der Waals surface area (Å²) < 4.78 is 26.4. The SMILES string of the molecule is Cn1c(S(C)(=O)=O)nc2c(=O)[nH]c3nc(-c4ccccc4)nn3c21. The molecule has 0 aliphatic heterocycles. The van der Waals surface area contributed by atoms with E-state index < -0.39 is 15.4 Å². The van der Waals surface area contributed by atoms with Crippen molar-refractivity contribution in [3.63, 3.8) is 0 Å². The maximum Gasteiger partial charge on any atom is 0.280 e. The second-order valence-corrected chi connectivity index (χ2v) is 7.30. The Bertz CT molecular complexity index is 1250. The second-order valence-electron chi connectivity index (χ2n) is 5.39. The standard InChI is InChI=1S/C14H12N6O3S/c1-19-12-9(15-14(19)24(2,22)23)11(21)17-13-16-10(18-20(12)13)8-6-4-3-5-7-8/h3-7H,1-2H3,(H,16,17,18,21). The Morgan fingerprint density at radius 1 is 1.12 bits per heavy atom. The number of hydrogen-bond donors (Lipinski definition) is 1. The lowest BCUT2D eigenvalue weighted by atomic mass is 10.2. The van der Waals surface area contributed by atoms with E-state index in [4.69, 9.17) is 0 Å². The lowest BCUT2D eigenvalue weighted by Crippen LogP contribution is -2.11. The number of nitrogens with zero attached hydrogens (tertiary/aromatic N) is 5. The smallest absolute Gasteiger partial charge is 0.280 e. The highest BCUT2D eigenvalue weighted by atomic mass is 32.2. The fourth-order valence-corrected chi connectivity index (χ4v) is 3.45. The molecule has 0 fully saturated rings. The fourth-order valence-electron chi connectivity index (χ4n) is 2.61. The summed E-state index contributed by atoms with van der Waals surface area (Å²) in [6.45, 7) is 0. The fraction of sp³-hybridized carbons (Fsp3) is 0.143. The molecular weight excluding hydrogens is 332 g/mol. The predicted octanol–water partition coefficient (Wildman–Crippen LogP) is 0.375. The van der Waals surface area contributed by atoms with Crippen molar-refractivity contribution in [2.75, 3.05) is 6.26 Å². The van der Waals surface area contributed by atoms with Gasteiger partial charge in [-0.15, -0.1) is 5.10 Å². The van der Waals surface area contributed by atoms with Gasteiger partial charge in [0.1, 0.15) is 0 Å². The zero-order valence-electron chi connectivity index (χ0n) is 12.8. The molecule has 1 N–H and O–H groups in total. The first kappa shape index (κ1) is 14.6. The lowest BCUT2D eigenvalue weighted by Gasteiger charge is -2.00. The molecule has 0 saturated heterocycles. The first-order valence-electron chi connectivity index (χ1n) is 6.97. The van der Waals surface area contributed by atoms with Gasteiger partial charge in [-0.25, -0.2) is 13.4 Å². The van der Waals surface area contributed by atoms with Gasteiger partial charge in [-0.05, 0) is 0 Å². The minimum absolute atomic E-state index is 0.00469. The number of aromatic amines is 1. The normalized spacial score (nSPS) is 12.2. The number of benzene rings is 1. The quantitative estimate of drug-likeness (QED) is 0.562. The molecule has 3 aromatic heterocycles. The molecule has 0 aliphatic carbocycles. The third-order valence-electron chi connectivity index (χ3n) is 3.64. The highest BCUT2D eigenvalue weighted by Crippen LogP contribution is 2.19. The molecule has 0 bridgehead atoms. The van der Waals surface area contributed by atoms with Gasteiger partial charge in [-0.3, -0.25) is 9.78 Å². The van der Waals surface area contributed by atoms with E-state index >= 15 is 0 Å². The van der Waals surface area contributed by atoms with E-state index in [2.05, 4.69) is 20.1 Å². The number of imidazole rings is 1. The third kappa shape index (κ3) is 2.03. The van der Waals surface area contributed by atoms with Gasteiger partial charge < -0.3 is 4.57 Å². The number of sulfone groups is 1. The molecule has 0 spiro atoms. The van der Waals surface area contributed by atoms with E-state index in [1.807, 2.05) is 30.3 Å². The van der Waals surface area contributed by atoms with Gasteiger partial charge in [0.15, 0.2) is 17.0 Å². The van der Waals surface area contributed by atoms with Gasteiger partial charge in [0.05, 0.1) is 0 Å². The Kier molecular flexibility index (Phi) is 2.88. The number of nitrogens with one attached hydrogen (secondary N) is 1. The molecule has 10 heteroatoms. The number of H-pyrrole nitrogens is 1. The summed E-state index contributed by atoms with van der Waals surface area (Å²) in [6, 6.07) is 9.26. The van der Waals surface area contributed by atoms with Gasteiger partial charge in [0.2, 0.25) is 20.8 Å². The van der Waals surface area contributed by atoms with Gasteiger partial charge in [-0.2, -0.15) is 9.50 Å². The molecule has 0 saturated carbocycles. The topological polar surface area (TPSA) is 115 Å². The summed E-state index contributed by atoms with van der Waals surface area (Å²) in [5.74, 6) is 0.634. The minimum atomic E-state index is -3.59. The maximum atomic E-state index is 12.2. The Labute approximate surface area is 135 Å². The van der Waals surface area contributed by atoms with Crippen LogP contribution in [0.25, 0.3) is 28.3 Å². The average molecular weight is 344 g/mol. The molecule has 4 rings (SSSR count). The highest BCUT2D eigenvalue weighted by molar-refractivity contribution is 7.90. The van der Waals surface area contributed by atoms with E-state index in [1.54, 1.807) is 0 Å². The van der Waals surface area contributed by atoms with Crippen molar-refractivity contribution in [3.05, 3.63) is 40.7 Å². The van der Waals surface area contributed by atoms with Crippen molar-refractivity contribution in [3.8, 4) is 11.4 Å². The van der Waals surface area contributed by atoms with Crippen molar-refractivity contribution in [1.29, 1.82) is 0 Å². The van der Waals surface area contributed by atoms with Crippen LogP contribution in [0.4, 0.5) is 0 Å². The van der Waals surface area contributed by atoms with Crippen molar-refractivity contribution >= 4 is 26.8 Å². The largest absolute Gasteiger partial charge is 0.302 e.